The first-order valence-corrected chi connectivity index (χ1v) is 12.5. The number of hydrogen-bond donors (Lipinski definition) is 1. The Kier molecular flexibility index (Phi) is 6.60. The normalized spacial score (nSPS) is 18.7. The maximum atomic E-state index is 13.2. The van der Waals surface area contributed by atoms with Crippen LogP contribution in [0.4, 0.5) is 13.9 Å². The SMILES string of the molecule is COc1cnc(Cl)cc1-c1cc(C)ncc1C(=O)Nc1nc2c(s1)CN(C(=O)C1CC(C(F)F)C1)C2. The Labute approximate surface area is 214 Å². The summed E-state index contributed by atoms with van der Waals surface area (Å²) in [5.41, 5.74) is 2.92. The molecule has 1 fully saturated rings. The summed E-state index contributed by atoms with van der Waals surface area (Å²) in [5, 5.41) is 3.49. The Balaban J connectivity index is 1.30. The Morgan fingerprint density at radius 3 is 2.67 bits per heavy atom. The number of hydrogen-bond acceptors (Lipinski definition) is 7. The van der Waals surface area contributed by atoms with Gasteiger partial charge in [-0.25, -0.2) is 18.7 Å². The van der Waals surface area contributed by atoms with Crippen molar-refractivity contribution >= 4 is 39.9 Å². The molecule has 8 nitrogen and oxygen atoms in total. The number of nitrogens with zero attached hydrogens (tertiary/aromatic N) is 4. The highest BCUT2D eigenvalue weighted by atomic mass is 35.5. The van der Waals surface area contributed by atoms with Crippen molar-refractivity contribution in [1.29, 1.82) is 0 Å². The summed E-state index contributed by atoms with van der Waals surface area (Å²) in [6, 6.07) is 3.40. The van der Waals surface area contributed by atoms with Gasteiger partial charge in [-0.05, 0) is 31.9 Å². The molecule has 2 aliphatic rings. The predicted molar refractivity (Wildman–Crippen MR) is 130 cm³/mol. The molecule has 1 aliphatic heterocycles. The zero-order valence-corrected chi connectivity index (χ0v) is 21.0. The van der Waals surface area contributed by atoms with Gasteiger partial charge in [0.2, 0.25) is 12.3 Å². The number of amides is 2. The summed E-state index contributed by atoms with van der Waals surface area (Å²) in [6.45, 7) is 2.48. The molecule has 4 heterocycles. The molecule has 1 aliphatic carbocycles. The van der Waals surface area contributed by atoms with Crippen molar-refractivity contribution in [3.05, 3.63) is 51.5 Å². The molecular formula is C24H22ClF2N5O3S. The van der Waals surface area contributed by atoms with Crippen molar-refractivity contribution in [3.8, 4) is 16.9 Å². The Hall–Kier alpha value is -3.18. The lowest BCUT2D eigenvalue weighted by molar-refractivity contribution is -0.143. The van der Waals surface area contributed by atoms with Crippen LogP contribution in [0.2, 0.25) is 5.15 Å². The van der Waals surface area contributed by atoms with E-state index in [0.29, 0.717) is 52.0 Å². The van der Waals surface area contributed by atoms with E-state index >= 15 is 0 Å². The van der Waals surface area contributed by atoms with Gasteiger partial charge in [-0.15, -0.1) is 0 Å². The van der Waals surface area contributed by atoms with Crippen LogP contribution < -0.4 is 10.1 Å². The molecule has 36 heavy (non-hydrogen) atoms. The second-order valence-electron chi connectivity index (χ2n) is 8.88. The molecule has 5 rings (SSSR count). The van der Waals surface area contributed by atoms with Gasteiger partial charge in [0.25, 0.3) is 5.91 Å². The molecular weight excluding hydrogens is 512 g/mol. The molecule has 0 radical (unpaired) electrons. The molecule has 12 heteroatoms. The van der Waals surface area contributed by atoms with Gasteiger partial charge >= 0.3 is 0 Å². The number of alkyl halides is 2. The Morgan fingerprint density at radius 2 is 1.97 bits per heavy atom. The average Bonchev–Trinajstić information content (AvgIpc) is 3.36. The fourth-order valence-corrected chi connectivity index (χ4v) is 5.63. The van der Waals surface area contributed by atoms with E-state index < -0.39 is 18.3 Å². The van der Waals surface area contributed by atoms with E-state index in [2.05, 4.69) is 20.3 Å². The summed E-state index contributed by atoms with van der Waals surface area (Å²) in [4.78, 5) is 41.2. The molecule has 188 valence electrons. The van der Waals surface area contributed by atoms with Gasteiger partial charge in [0, 0.05) is 34.9 Å². The van der Waals surface area contributed by atoms with E-state index in [4.69, 9.17) is 16.3 Å². The lowest BCUT2D eigenvalue weighted by Crippen LogP contribution is -2.41. The van der Waals surface area contributed by atoms with Gasteiger partial charge < -0.3 is 9.64 Å². The zero-order chi connectivity index (χ0) is 25.6. The summed E-state index contributed by atoms with van der Waals surface area (Å²) in [6.07, 6.45) is 1.07. The van der Waals surface area contributed by atoms with E-state index in [1.165, 1.54) is 30.8 Å². The fourth-order valence-electron chi connectivity index (χ4n) is 4.50. The molecule has 3 aromatic heterocycles. The number of carbonyl (C=O) groups excluding carboxylic acids is 2. The van der Waals surface area contributed by atoms with Crippen molar-refractivity contribution < 1.29 is 23.1 Å². The lowest BCUT2D eigenvalue weighted by atomic mass is 9.74. The van der Waals surface area contributed by atoms with Crippen molar-refractivity contribution in [3.63, 3.8) is 0 Å². The van der Waals surface area contributed by atoms with Crippen molar-refractivity contribution in [2.75, 3.05) is 12.4 Å². The van der Waals surface area contributed by atoms with Gasteiger partial charge in [0.05, 0.1) is 42.5 Å². The topological polar surface area (TPSA) is 97.3 Å². The summed E-state index contributed by atoms with van der Waals surface area (Å²) >= 11 is 7.39. The first-order valence-electron chi connectivity index (χ1n) is 11.3. The minimum atomic E-state index is -2.37. The number of anilines is 1. The van der Waals surface area contributed by atoms with Crippen LogP contribution in [0, 0.1) is 18.8 Å². The van der Waals surface area contributed by atoms with Crippen LogP contribution in [0.25, 0.3) is 11.1 Å². The maximum absolute atomic E-state index is 13.2. The van der Waals surface area contributed by atoms with Crippen LogP contribution in [0.5, 0.6) is 5.75 Å². The number of methoxy groups -OCH3 is 1. The third kappa shape index (κ3) is 4.64. The molecule has 0 spiro atoms. The number of fused-ring (bicyclic) bond motifs is 1. The highest BCUT2D eigenvalue weighted by molar-refractivity contribution is 7.16. The maximum Gasteiger partial charge on any atom is 0.259 e. The minimum absolute atomic E-state index is 0.108. The third-order valence-corrected chi connectivity index (χ3v) is 7.70. The molecule has 0 atom stereocenters. The fraction of sp³-hybridized carbons (Fsp3) is 0.375. The summed E-state index contributed by atoms with van der Waals surface area (Å²) in [7, 11) is 1.51. The summed E-state index contributed by atoms with van der Waals surface area (Å²) in [5.74, 6) is -1.07. The van der Waals surface area contributed by atoms with Gasteiger partial charge in [0.15, 0.2) is 5.13 Å². The molecule has 3 aromatic rings. The molecule has 2 amide bonds. The predicted octanol–water partition coefficient (Wildman–Crippen LogP) is 4.96. The number of aromatic nitrogens is 3. The average molecular weight is 534 g/mol. The van der Waals surface area contributed by atoms with Gasteiger partial charge in [-0.2, -0.15) is 0 Å². The monoisotopic (exact) mass is 533 g/mol. The highest BCUT2D eigenvalue weighted by Gasteiger charge is 2.42. The van der Waals surface area contributed by atoms with Crippen LogP contribution in [-0.2, 0) is 17.9 Å². The van der Waals surface area contributed by atoms with Gasteiger partial charge in [0.1, 0.15) is 10.9 Å². The molecule has 0 aromatic carbocycles. The van der Waals surface area contributed by atoms with Gasteiger partial charge in [-0.1, -0.05) is 22.9 Å². The molecule has 1 N–H and O–H groups in total. The standard InChI is InChI=1S/C24H22ClF2N5O3S/c1-11-3-14(15-6-20(25)29-8-18(15)35-2)16(7-28-11)22(33)31-24-30-17-9-32(10-19(17)36-24)23(34)13-4-12(5-13)21(26)27/h3,6-8,12-13,21H,4-5,9-10H2,1-2H3,(H,30,31,33). The molecule has 1 saturated carbocycles. The smallest absolute Gasteiger partial charge is 0.259 e. The van der Waals surface area contributed by atoms with Crippen LogP contribution >= 0.6 is 22.9 Å². The molecule has 0 unspecified atom stereocenters. The van der Waals surface area contributed by atoms with E-state index in [-0.39, 0.29) is 29.8 Å². The largest absolute Gasteiger partial charge is 0.494 e. The van der Waals surface area contributed by atoms with Crippen LogP contribution in [0.15, 0.2) is 24.5 Å². The number of ether oxygens (including phenoxy) is 1. The number of pyridine rings is 2. The van der Waals surface area contributed by atoms with Crippen molar-refractivity contribution in [2.24, 2.45) is 11.8 Å². The number of nitrogens with one attached hydrogen (secondary N) is 1. The van der Waals surface area contributed by atoms with E-state index in [1.54, 1.807) is 17.0 Å². The number of carbonyl (C=O) groups is 2. The number of halogens is 3. The quantitative estimate of drug-likeness (QED) is 0.450. The van der Waals surface area contributed by atoms with E-state index in [9.17, 15) is 18.4 Å². The lowest BCUT2D eigenvalue weighted by Gasteiger charge is -2.35. The second kappa shape index (κ2) is 9.70. The third-order valence-electron chi connectivity index (χ3n) is 6.50. The van der Waals surface area contributed by atoms with Gasteiger partial charge in [-0.3, -0.25) is 19.9 Å². The molecule has 0 saturated heterocycles. The minimum Gasteiger partial charge on any atom is -0.494 e. The number of rotatable bonds is 6. The Bertz CT molecular complexity index is 1320. The molecule has 0 bridgehead atoms. The van der Waals surface area contributed by atoms with Crippen LogP contribution in [-0.4, -0.2) is 45.2 Å². The van der Waals surface area contributed by atoms with Crippen LogP contribution in [0.1, 0.15) is 39.5 Å². The van der Waals surface area contributed by atoms with Crippen molar-refractivity contribution in [2.45, 2.75) is 39.3 Å². The number of thiazole rings is 1. The highest BCUT2D eigenvalue weighted by Crippen LogP contribution is 2.41. The van der Waals surface area contributed by atoms with E-state index in [1.807, 2.05) is 6.92 Å². The first-order chi connectivity index (χ1) is 17.2. The Morgan fingerprint density at radius 1 is 1.19 bits per heavy atom. The van der Waals surface area contributed by atoms with E-state index in [0.717, 1.165) is 4.88 Å². The first kappa shape index (κ1) is 24.5. The summed E-state index contributed by atoms with van der Waals surface area (Å²) < 4.78 is 30.9. The second-order valence-corrected chi connectivity index (χ2v) is 10.3. The zero-order valence-electron chi connectivity index (χ0n) is 19.4. The number of aryl methyl sites for hydroxylation is 1. The van der Waals surface area contributed by atoms with Crippen LogP contribution in [0.3, 0.4) is 0 Å². The van der Waals surface area contributed by atoms with Crippen molar-refractivity contribution in [1.82, 2.24) is 19.9 Å².